The summed E-state index contributed by atoms with van der Waals surface area (Å²) in [6.45, 7) is 20.0. The van der Waals surface area contributed by atoms with Crippen LogP contribution in [0.4, 0.5) is 0 Å². The molecule has 0 saturated heterocycles. The normalized spacial score (nSPS) is 13.6. The first-order chi connectivity index (χ1) is 33.6. The number of furan rings is 1. The van der Waals surface area contributed by atoms with E-state index in [1.54, 1.807) is 24.3 Å². The Morgan fingerprint density at radius 1 is 0.697 bits per heavy atom. The van der Waals surface area contributed by atoms with Crippen LogP contribution in [-0.4, -0.2) is 16.3 Å². The van der Waals surface area contributed by atoms with E-state index in [1.807, 2.05) is 68.1 Å². The van der Waals surface area contributed by atoms with Crippen LogP contribution in [0.25, 0.3) is 50.0 Å². The van der Waals surface area contributed by atoms with Crippen LogP contribution >= 0.6 is 0 Å². The van der Waals surface area contributed by atoms with Gasteiger partial charge in [-0.1, -0.05) is 148 Å². The first-order valence-electron chi connectivity index (χ1n) is 25.8. The van der Waals surface area contributed by atoms with Gasteiger partial charge in [0.2, 0.25) is 13.0 Å². The molecule has 0 aliphatic heterocycles. The molecular weight excluding hydrogens is 982 g/mol. The summed E-state index contributed by atoms with van der Waals surface area (Å²) in [4.78, 5) is 4.63. The molecule has 9 rings (SSSR count). The van der Waals surface area contributed by atoms with Gasteiger partial charge in [-0.25, -0.2) is 0 Å². The van der Waals surface area contributed by atoms with Gasteiger partial charge in [0.1, 0.15) is 5.58 Å². The third kappa shape index (κ3) is 9.69. The molecule has 0 atom stereocenters. The van der Waals surface area contributed by atoms with Crippen molar-refractivity contribution >= 4 is 45.0 Å². The number of para-hydroxylation sites is 1. The Morgan fingerprint density at radius 3 is 1.94 bits per heavy atom. The van der Waals surface area contributed by atoms with Gasteiger partial charge >= 0.3 is 20.1 Å². The molecule has 4 nitrogen and oxygen atoms in total. The van der Waals surface area contributed by atoms with Crippen LogP contribution in [0, 0.1) is 73.7 Å². The van der Waals surface area contributed by atoms with Crippen molar-refractivity contribution < 1.29 is 38.7 Å². The fourth-order valence-corrected chi connectivity index (χ4v) is 9.21. The quantitative estimate of drug-likeness (QED) is 0.0945. The molecule has 9 aromatic rings. The fourth-order valence-electron chi connectivity index (χ4n) is 9.21. The molecule has 0 radical (unpaired) electrons. The van der Waals surface area contributed by atoms with E-state index in [2.05, 4.69) is 133 Å². The average molecular weight is 1050 g/mol. The minimum absolute atomic E-state index is 0. The van der Waals surface area contributed by atoms with Crippen molar-refractivity contribution in [3.8, 4) is 28.1 Å². The Bertz CT molecular complexity index is 3400. The van der Waals surface area contributed by atoms with Crippen molar-refractivity contribution in [2.75, 3.05) is 0 Å². The predicted molar refractivity (Wildman–Crippen MR) is 274 cm³/mol. The Morgan fingerprint density at radius 2 is 1.36 bits per heavy atom. The molecule has 6 heteroatoms. The number of aryl methyl sites for hydroxylation is 8. The number of pyridine rings is 1. The van der Waals surface area contributed by atoms with Crippen molar-refractivity contribution in [3.63, 3.8) is 0 Å². The molecule has 0 aliphatic rings. The Labute approximate surface area is 417 Å². The van der Waals surface area contributed by atoms with Gasteiger partial charge in [0.15, 0.2) is 0 Å². The summed E-state index contributed by atoms with van der Waals surface area (Å²) in [5.41, 5.74) is 14.3. The van der Waals surface area contributed by atoms with E-state index in [0.717, 1.165) is 21.9 Å². The molecule has 0 unspecified atom stereocenters. The van der Waals surface area contributed by atoms with E-state index in [0.29, 0.717) is 28.0 Å². The van der Waals surface area contributed by atoms with Crippen molar-refractivity contribution in [2.45, 2.75) is 108 Å². The van der Waals surface area contributed by atoms with Crippen molar-refractivity contribution in [1.82, 2.24) is 9.55 Å². The van der Waals surface area contributed by atoms with Crippen LogP contribution in [0.2, 0.25) is 0 Å². The molecule has 0 spiro atoms. The smallest absolute Gasteiger partial charge is 0.501 e. The fraction of sp³-hybridized carbons (Fsp3) is 0.267. The van der Waals surface area contributed by atoms with Gasteiger partial charge in [-0.3, -0.25) is 0 Å². The number of nitrogens with zero attached hydrogens (tertiary/aromatic N) is 3. The van der Waals surface area contributed by atoms with E-state index in [1.165, 1.54) is 50.5 Å². The molecule has 6 aromatic carbocycles. The summed E-state index contributed by atoms with van der Waals surface area (Å²) in [5, 5.41) is 1.75. The largest absolute Gasteiger partial charge is 3.00 e. The maximum atomic E-state index is 9.10. The van der Waals surface area contributed by atoms with Crippen LogP contribution in [-0.2, 0) is 31.1 Å². The van der Waals surface area contributed by atoms with Crippen LogP contribution in [0.3, 0.4) is 0 Å². The van der Waals surface area contributed by atoms with Crippen molar-refractivity contribution in [1.29, 1.82) is 0 Å². The second-order valence-corrected chi connectivity index (χ2v) is 19.6. The van der Waals surface area contributed by atoms with Crippen molar-refractivity contribution in [2.24, 2.45) is 0 Å². The van der Waals surface area contributed by atoms with E-state index in [4.69, 9.17) is 14.0 Å². The van der Waals surface area contributed by atoms with Gasteiger partial charge < -0.3 is 18.5 Å². The van der Waals surface area contributed by atoms with E-state index in [9.17, 15) is 0 Å². The molecule has 3 heterocycles. The van der Waals surface area contributed by atoms with Gasteiger partial charge in [0.25, 0.3) is 0 Å². The maximum Gasteiger partial charge on any atom is 3.00 e. The van der Waals surface area contributed by atoms with E-state index >= 15 is 0 Å². The Balaban J connectivity index is 0.000000416. The summed E-state index contributed by atoms with van der Waals surface area (Å²) in [6, 6.07) is 38.2. The molecule has 66 heavy (non-hydrogen) atoms. The number of imidazole rings is 1. The van der Waals surface area contributed by atoms with Crippen LogP contribution in [0.5, 0.6) is 0 Å². The van der Waals surface area contributed by atoms with Gasteiger partial charge in [-0.05, 0) is 121 Å². The second-order valence-electron chi connectivity index (χ2n) is 19.6. The second kappa shape index (κ2) is 18.8. The summed E-state index contributed by atoms with van der Waals surface area (Å²) in [5.74, 6) is 0. The topological polar surface area (TPSA) is 34.8 Å². The minimum atomic E-state index is -2.63. The number of aromatic nitrogens is 3. The van der Waals surface area contributed by atoms with Crippen LogP contribution < -0.4 is 21.0 Å². The summed E-state index contributed by atoms with van der Waals surface area (Å²) in [7, 11) is 0. The monoisotopic (exact) mass is 1050 g/mol. The van der Waals surface area contributed by atoms with Gasteiger partial charge in [0, 0.05) is 32.2 Å². The first kappa shape index (κ1) is 39.4. The number of benzene rings is 6. The predicted octanol–water partition coefficient (Wildman–Crippen LogP) is 12.5. The van der Waals surface area contributed by atoms with Crippen LogP contribution in [0.1, 0.15) is 101 Å². The zero-order valence-corrected chi connectivity index (χ0v) is 42.5. The average Bonchev–Trinajstić information content (AvgIpc) is 3.93. The standard InChI is InChI=1S/C47H47BNO.C13H15N2.Ir/c1-27-19-30(4)44(31(5)20-27)48(45-32(6)21-28(2)22-33(45)7)36-16-18-38-39-13-12-14-40(46(39)50-43(38)24-36)42-25-41(34(8)26-49-42)37-17-15-35(23-29(37)3)47(9,10)11;1-13(2,3)15-10-9-14(11-15)12-7-5-4-6-8-12;/h12-13,15-26H,1-11H3;4-7,9-10H,1-3H3;/q2*-1;+3/i3D3,8D3,17D;;. The number of fused-ring (bicyclic) bond motifs is 3. The summed E-state index contributed by atoms with van der Waals surface area (Å²) < 4.78 is 70.5. The summed E-state index contributed by atoms with van der Waals surface area (Å²) in [6.07, 6.45) is 8.57. The Hall–Kier alpha value is -5.81. The molecule has 0 bridgehead atoms. The number of hydrogen-bond acceptors (Lipinski definition) is 2. The van der Waals surface area contributed by atoms with E-state index < -0.39 is 19.1 Å². The third-order valence-corrected chi connectivity index (χ3v) is 12.3. The molecule has 3 aromatic heterocycles. The molecule has 0 aliphatic carbocycles. The first-order valence-corrected chi connectivity index (χ1v) is 22.3. The SMILES string of the molecule is CC(C)(C)[n+]1[c-]n(-c2[c-]cccc2)cc1.[2H]c1cc(C(C)(C)C)cc(C([2H])([2H])[2H])c1-c1cc(-c2[c-]ccc3c2oc2cc(B(c4c(C)cc(C)cc4C)c4c(C)cc(C)cc4C)ccc23)ncc1C([2H])([2H])[2H].[Ir+3]. The zero-order valence-electron chi connectivity index (χ0n) is 47.1. The number of rotatable bonds is 6. The maximum absolute atomic E-state index is 9.10. The Kier molecular flexibility index (Phi) is 11.2. The molecule has 0 fully saturated rings. The van der Waals surface area contributed by atoms with Crippen molar-refractivity contribution in [3.05, 3.63) is 190 Å². The third-order valence-electron chi connectivity index (χ3n) is 12.3. The molecule has 0 amide bonds. The zero-order chi connectivity index (χ0) is 52.4. The minimum Gasteiger partial charge on any atom is -0.501 e. The van der Waals surface area contributed by atoms with E-state index in [-0.39, 0.29) is 60.7 Å². The van der Waals surface area contributed by atoms with Gasteiger partial charge in [0.05, 0.1) is 12.5 Å². The van der Waals surface area contributed by atoms with Gasteiger partial charge in [-0.15, -0.1) is 18.2 Å². The molecule has 334 valence electrons. The van der Waals surface area contributed by atoms with Crippen LogP contribution in [0.15, 0.2) is 126 Å². The molecule has 0 N–H and O–H groups in total. The molecule has 0 saturated carbocycles. The van der Waals surface area contributed by atoms with Gasteiger partial charge in [-0.2, -0.15) is 30.3 Å². The molecular formula is C60H62BIrN3O+. The summed E-state index contributed by atoms with van der Waals surface area (Å²) >= 11 is 0. The number of hydrogen-bond donors (Lipinski definition) is 0.